The van der Waals surface area contributed by atoms with Crippen molar-refractivity contribution in [2.45, 2.75) is 40.7 Å². The number of rotatable bonds is 8. The van der Waals surface area contributed by atoms with E-state index < -0.39 is 5.97 Å². The SMILES string of the molecule is CCOC(=O)c1cnn(-c2ccc(C(=O)NCCc3c(C)nn(CC)c3C)cc2)c1N. The van der Waals surface area contributed by atoms with Gasteiger partial charge in [0.15, 0.2) is 0 Å². The topological polar surface area (TPSA) is 117 Å². The van der Waals surface area contributed by atoms with Crippen LogP contribution in [0.5, 0.6) is 0 Å². The van der Waals surface area contributed by atoms with Crippen LogP contribution < -0.4 is 11.1 Å². The van der Waals surface area contributed by atoms with Crippen molar-refractivity contribution in [3.05, 3.63) is 58.5 Å². The number of esters is 1. The van der Waals surface area contributed by atoms with E-state index in [9.17, 15) is 9.59 Å². The van der Waals surface area contributed by atoms with Gasteiger partial charge in [-0.2, -0.15) is 10.2 Å². The third-order valence-corrected chi connectivity index (χ3v) is 5.17. The van der Waals surface area contributed by atoms with Crippen LogP contribution in [0, 0.1) is 13.8 Å². The average Bonchev–Trinajstić information content (AvgIpc) is 3.28. The summed E-state index contributed by atoms with van der Waals surface area (Å²) < 4.78 is 8.38. The molecule has 0 fully saturated rings. The predicted octanol–water partition coefficient (Wildman–Crippen LogP) is 2.44. The largest absolute Gasteiger partial charge is 0.462 e. The highest BCUT2D eigenvalue weighted by Gasteiger charge is 2.17. The van der Waals surface area contributed by atoms with Crippen LogP contribution in [0.15, 0.2) is 30.5 Å². The lowest BCUT2D eigenvalue weighted by Crippen LogP contribution is -2.26. The minimum atomic E-state index is -0.516. The van der Waals surface area contributed by atoms with Crippen molar-refractivity contribution in [2.75, 3.05) is 18.9 Å². The van der Waals surface area contributed by atoms with Crippen LogP contribution in [0.3, 0.4) is 0 Å². The molecule has 1 amide bonds. The maximum absolute atomic E-state index is 12.5. The van der Waals surface area contributed by atoms with Gasteiger partial charge in [0.25, 0.3) is 5.91 Å². The standard InChI is InChI=1S/C22H28N6O3/c1-5-27-15(4)18(14(3)26-27)11-12-24-21(29)16-7-9-17(10-8-16)28-20(23)19(13-25-28)22(30)31-6-2/h7-10,13H,5-6,11-12,23H2,1-4H3,(H,24,29). The highest BCUT2D eigenvalue weighted by atomic mass is 16.5. The molecule has 3 aromatic rings. The van der Waals surface area contributed by atoms with E-state index in [2.05, 4.69) is 22.4 Å². The summed E-state index contributed by atoms with van der Waals surface area (Å²) in [6.07, 6.45) is 2.10. The number of aryl methyl sites for hydroxylation is 2. The number of nitrogen functional groups attached to an aromatic ring is 1. The molecule has 31 heavy (non-hydrogen) atoms. The molecular weight excluding hydrogens is 396 g/mol. The smallest absolute Gasteiger partial charge is 0.343 e. The Morgan fingerprint density at radius 1 is 1.16 bits per heavy atom. The van der Waals surface area contributed by atoms with Gasteiger partial charge in [0.05, 0.1) is 24.2 Å². The molecule has 0 atom stereocenters. The summed E-state index contributed by atoms with van der Waals surface area (Å²) >= 11 is 0. The van der Waals surface area contributed by atoms with Crippen molar-refractivity contribution in [3.8, 4) is 5.69 Å². The minimum absolute atomic E-state index is 0.162. The van der Waals surface area contributed by atoms with Gasteiger partial charge in [-0.15, -0.1) is 0 Å². The van der Waals surface area contributed by atoms with Gasteiger partial charge in [-0.3, -0.25) is 9.48 Å². The van der Waals surface area contributed by atoms with Crippen molar-refractivity contribution in [2.24, 2.45) is 0 Å². The molecule has 0 unspecified atom stereocenters. The zero-order valence-electron chi connectivity index (χ0n) is 18.3. The van der Waals surface area contributed by atoms with Crippen LogP contribution in [0.25, 0.3) is 5.69 Å². The van der Waals surface area contributed by atoms with Crippen LogP contribution >= 0.6 is 0 Å². The number of nitrogens with two attached hydrogens (primary N) is 1. The van der Waals surface area contributed by atoms with Crippen molar-refractivity contribution in [1.82, 2.24) is 24.9 Å². The summed E-state index contributed by atoms with van der Waals surface area (Å²) in [6, 6.07) is 6.85. The van der Waals surface area contributed by atoms with E-state index >= 15 is 0 Å². The van der Waals surface area contributed by atoms with E-state index in [4.69, 9.17) is 10.5 Å². The number of aromatic nitrogens is 4. The fourth-order valence-electron chi connectivity index (χ4n) is 3.49. The maximum Gasteiger partial charge on any atom is 0.343 e. The van der Waals surface area contributed by atoms with Crippen LogP contribution in [0.1, 0.15) is 51.5 Å². The summed E-state index contributed by atoms with van der Waals surface area (Å²) in [4.78, 5) is 24.4. The Morgan fingerprint density at radius 3 is 2.48 bits per heavy atom. The van der Waals surface area contributed by atoms with Crippen molar-refractivity contribution in [1.29, 1.82) is 0 Å². The van der Waals surface area contributed by atoms with Crippen LogP contribution in [-0.2, 0) is 17.7 Å². The molecule has 0 spiro atoms. The average molecular weight is 425 g/mol. The molecule has 0 saturated heterocycles. The molecule has 0 aliphatic carbocycles. The molecule has 0 saturated carbocycles. The number of hydrogen-bond donors (Lipinski definition) is 2. The minimum Gasteiger partial charge on any atom is -0.462 e. The Labute approximate surface area is 181 Å². The molecule has 9 heteroatoms. The summed E-state index contributed by atoms with van der Waals surface area (Å²) in [5.74, 6) is -0.489. The number of benzene rings is 1. The highest BCUT2D eigenvalue weighted by molar-refractivity contribution is 5.95. The molecule has 0 radical (unpaired) electrons. The second-order valence-electron chi connectivity index (χ2n) is 7.09. The first-order valence-corrected chi connectivity index (χ1v) is 10.3. The molecule has 0 bridgehead atoms. The maximum atomic E-state index is 12.5. The number of nitrogens with zero attached hydrogens (tertiary/aromatic N) is 4. The molecule has 2 aromatic heterocycles. The third-order valence-electron chi connectivity index (χ3n) is 5.17. The summed E-state index contributed by atoms with van der Waals surface area (Å²) in [5.41, 5.74) is 10.7. The number of nitrogens with one attached hydrogen (secondary N) is 1. The monoisotopic (exact) mass is 424 g/mol. The van der Waals surface area contributed by atoms with Gasteiger partial charge in [-0.1, -0.05) is 0 Å². The molecule has 2 heterocycles. The van der Waals surface area contributed by atoms with Gasteiger partial charge in [-0.25, -0.2) is 9.48 Å². The predicted molar refractivity (Wildman–Crippen MR) is 117 cm³/mol. The number of carbonyl (C=O) groups excluding carboxylic acids is 2. The normalized spacial score (nSPS) is 10.8. The Kier molecular flexibility index (Phi) is 6.74. The quantitative estimate of drug-likeness (QED) is 0.537. The lowest BCUT2D eigenvalue weighted by Gasteiger charge is -2.08. The second kappa shape index (κ2) is 9.46. The highest BCUT2D eigenvalue weighted by Crippen LogP contribution is 2.19. The zero-order chi connectivity index (χ0) is 22.5. The van der Waals surface area contributed by atoms with Crippen LogP contribution in [0.4, 0.5) is 5.82 Å². The molecule has 0 aliphatic rings. The molecule has 3 N–H and O–H groups in total. The van der Waals surface area contributed by atoms with E-state index in [-0.39, 0.29) is 23.9 Å². The Hall–Kier alpha value is -3.62. The van der Waals surface area contributed by atoms with Gasteiger partial charge in [0, 0.05) is 24.3 Å². The van der Waals surface area contributed by atoms with Crippen LogP contribution in [0.2, 0.25) is 0 Å². The van der Waals surface area contributed by atoms with Crippen molar-refractivity contribution in [3.63, 3.8) is 0 Å². The van der Waals surface area contributed by atoms with Gasteiger partial charge in [0.1, 0.15) is 11.4 Å². The summed E-state index contributed by atoms with van der Waals surface area (Å²) in [5, 5.41) is 11.6. The van der Waals surface area contributed by atoms with Crippen LogP contribution in [-0.4, -0.2) is 44.6 Å². The first-order chi connectivity index (χ1) is 14.9. The number of amides is 1. The molecule has 9 nitrogen and oxygen atoms in total. The van der Waals surface area contributed by atoms with Gasteiger partial charge >= 0.3 is 5.97 Å². The number of carbonyl (C=O) groups is 2. The van der Waals surface area contributed by atoms with E-state index in [1.54, 1.807) is 31.2 Å². The third kappa shape index (κ3) is 4.60. The Morgan fingerprint density at radius 2 is 1.87 bits per heavy atom. The molecule has 164 valence electrons. The van der Waals surface area contributed by atoms with Gasteiger partial charge in [-0.05, 0) is 63.9 Å². The summed E-state index contributed by atoms with van der Waals surface area (Å²) in [6.45, 7) is 9.43. The van der Waals surface area contributed by atoms with E-state index in [0.29, 0.717) is 17.8 Å². The van der Waals surface area contributed by atoms with Crippen molar-refractivity contribution >= 4 is 17.7 Å². The van der Waals surface area contributed by atoms with Crippen molar-refractivity contribution < 1.29 is 14.3 Å². The Balaban J connectivity index is 1.63. The molecular formula is C22H28N6O3. The van der Waals surface area contributed by atoms with E-state index in [1.807, 2.05) is 18.5 Å². The van der Waals surface area contributed by atoms with Gasteiger partial charge < -0.3 is 15.8 Å². The van der Waals surface area contributed by atoms with E-state index in [1.165, 1.54) is 16.4 Å². The molecule has 1 aromatic carbocycles. The van der Waals surface area contributed by atoms with E-state index in [0.717, 1.165) is 24.4 Å². The lowest BCUT2D eigenvalue weighted by atomic mass is 10.1. The Bertz CT molecular complexity index is 1080. The first kappa shape index (κ1) is 22.1. The number of anilines is 1. The van der Waals surface area contributed by atoms with Gasteiger partial charge in [0.2, 0.25) is 0 Å². The first-order valence-electron chi connectivity index (χ1n) is 10.3. The fraction of sp³-hybridized carbons (Fsp3) is 0.364. The molecule has 0 aliphatic heterocycles. The summed E-state index contributed by atoms with van der Waals surface area (Å²) in [7, 11) is 0. The molecule has 3 rings (SSSR count). The fourth-order valence-corrected chi connectivity index (χ4v) is 3.49. The number of ether oxygens (including phenoxy) is 1. The second-order valence-corrected chi connectivity index (χ2v) is 7.09. The number of hydrogen-bond acceptors (Lipinski definition) is 6. The zero-order valence-corrected chi connectivity index (χ0v) is 18.3. The lowest BCUT2D eigenvalue weighted by molar-refractivity contribution is 0.0527.